The number of rotatable bonds is 4. The maximum atomic E-state index is 10.5. The Kier molecular flexibility index (Phi) is 6.06. The average Bonchev–Trinajstić information content (AvgIpc) is 3.17. The number of halogens is 1. The third-order valence-electron chi connectivity index (χ3n) is 4.16. The van der Waals surface area contributed by atoms with Crippen LogP contribution in [0.5, 0.6) is 11.5 Å². The molecule has 0 atom stereocenters. The Morgan fingerprint density at radius 1 is 1.07 bits per heavy atom. The topological polar surface area (TPSA) is 69.0 Å². The molecule has 0 saturated carbocycles. The van der Waals surface area contributed by atoms with Crippen LogP contribution in [0.15, 0.2) is 59.7 Å². The summed E-state index contributed by atoms with van der Waals surface area (Å²) in [6, 6.07) is 16.6. The van der Waals surface area contributed by atoms with Gasteiger partial charge in [0.2, 0.25) is 5.13 Å². The molecule has 4 rings (SSSR count). The Morgan fingerprint density at radius 3 is 2.46 bits per heavy atom. The van der Waals surface area contributed by atoms with Gasteiger partial charge in [0.05, 0.1) is 23.6 Å². The molecule has 7 heteroatoms. The van der Waals surface area contributed by atoms with Gasteiger partial charge in [0, 0.05) is 22.9 Å². The van der Waals surface area contributed by atoms with Crippen molar-refractivity contribution >= 4 is 43.7 Å². The van der Waals surface area contributed by atoms with E-state index in [0.29, 0.717) is 30.1 Å². The van der Waals surface area contributed by atoms with Crippen molar-refractivity contribution < 1.29 is 14.6 Å². The molecule has 1 aromatic heterocycles. The number of hydrazone groups is 1. The maximum Gasteiger partial charge on any atom is 0.207 e. The zero-order valence-corrected chi connectivity index (χ0v) is 16.3. The van der Waals surface area contributed by atoms with Crippen molar-refractivity contribution in [2.24, 2.45) is 5.10 Å². The number of hydrogen-bond acceptors (Lipinski definition) is 6. The number of fused-ring (bicyclic) bond motifs is 2. The summed E-state index contributed by atoms with van der Waals surface area (Å²) >= 11 is 1.56. The Labute approximate surface area is 166 Å². The number of aromatic hydroxyl groups is 2. The first kappa shape index (κ1) is 19.6. The number of phenols is 2. The lowest BCUT2D eigenvalue weighted by atomic mass is 10.0. The quantitative estimate of drug-likeness (QED) is 0.278. The lowest BCUT2D eigenvalue weighted by molar-refractivity contribution is 0.469. The Bertz CT molecular complexity index is 1090. The van der Waals surface area contributed by atoms with Gasteiger partial charge >= 0.3 is 0 Å². The molecule has 0 bridgehead atoms. The highest BCUT2D eigenvalue weighted by atomic mass is 32.1. The Hall–Kier alpha value is -3.19. The second kappa shape index (κ2) is 8.67. The minimum atomic E-state index is 0.0995. The summed E-state index contributed by atoms with van der Waals surface area (Å²) in [5, 5.41) is 29.0. The maximum absolute atomic E-state index is 10.5. The molecule has 0 radical (unpaired) electrons. The number of anilines is 1. The summed E-state index contributed by atoms with van der Waals surface area (Å²) in [5.41, 5.74) is 1.40. The van der Waals surface area contributed by atoms with Crippen LogP contribution in [0.25, 0.3) is 21.0 Å². The molecular formula is C21H20FN3O2S. The molecule has 2 N–H and O–H groups in total. The Balaban J connectivity index is 0.00000109. The number of phenolic OH excluding ortho intramolecular Hbond substituents is 2. The van der Waals surface area contributed by atoms with Crippen LogP contribution in [0.3, 0.4) is 0 Å². The van der Waals surface area contributed by atoms with Gasteiger partial charge in [0.25, 0.3) is 0 Å². The summed E-state index contributed by atoms with van der Waals surface area (Å²) in [5.74, 6) is 0.213. The van der Waals surface area contributed by atoms with E-state index in [1.165, 1.54) is 6.07 Å². The van der Waals surface area contributed by atoms with Gasteiger partial charge in [-0.3, -0.25) is 4.39 Å². The first-order chi connectivity index (χ1) is 13.7. The van der Waals surface area contributed by atoms with E-state index in [1.807, 2.05) is 43.3 Å². The van der Waals surface area contributed by atoms with Crippen molar-refractivity contribution in [1.29, 1.82) is 0 Å². The van der Waals surface area contributed by atoms with Gasteiger partial charge < -0.3 is 10.2 Å². The van der Waals surface area contributed by atoms with Crippen LogP contribution >= 0.6 is 11.3 Å². The summed E-state index contributed by atoms with van der Waals surface area (Å²) in [6.07, 6.45) is 1.55. The molecule has 0 aliphatic rings. The molecule has 0 fully saturated rings. The smallest absolute Gasteiger partial charge is 0.207 e. The van der Waals surface area contributed by atoms with Crippen molar-refractivity contribution in [3.63, 3.8) is 0 Å². The molecule has 0 aliphatic heterocycles. The van der Waals surface area contributed by atoms with Crippen LogP contribution in [0, 0.1) is 0 Å². The second-order valence-corrected chi connectivity index (χ2v) is 6.81. The molecule has 3 aromatic carbocycles. The van der Waals surface area contributed by atoms with E-state index in [9.17, 15) is 14.6 Å². The largest absolute Gasteiger partial charge is 0.507 e. The zero-order chi connectivity index (χ0) is 20.1. The summed E-state index contributed by atoms with van der Waals surface area (Å²) in [6.45, 7) is 2.62. The van der Waals surface area contributed by atoms with Crippen LogP contribution in [-0.2, 0) is 0 Å². The number of benzene rings is 3. The fourth-order valence-electron chi connectivity index (χ4n) is 2.83. The summed E-state index contributed by atoms with van der Waals surface area (Å²) in [7, 11) is 0.500. The fraction of sp³-hybridized carbons (Fsp3) is 0.143. The number of thiazole rings is 1. The minimum absolute atomic E-state index is 0.0995. The lowest BCUT2D eigenvalue weighted by Gasteiger charge is -2.13. The second-order valence-electron chi connectivity index (χ2n) is 5.80. The van der Waals surface area contributed by atoms with Crippen LogP contribution in [0.2, 0.25) is 0 Å². The van der Waals surface area contributed by atoms with Crippen LogP contribution in [-0.4, -0.2) is 35.1 Å². The van der Waals surface area contributed by atoms with E-state index in [1.54, 1.807) is 34.7 Å². The molecule has 144 valence electrons. The normalized spacial score (nSPS) is 11.0. The van der Waals surface area contributed by atoms with Crippen molar-refractivity contribution in [3.8, 4) is 11.5 Å². The van der Waals surface area contributed by atoms with E-state index in [-0.39, 0.29) is 11.5 Å². The molecule has 28 heavy (non-hydrogen) atoms. The average molecular weight is 397 g/mol. The van der Waals surface area contributed by atoms with Crippen molar-refractivity contribution in [2.45, 2.75) is 6.92 Å². The third kappa shape index (κ3) is 3.75. The SMILES string of the molecule is CCN(/N=C/c1cc(O)c2ccccc2c1O)c1nc2ccccc2s1.CF. The number of hydrogen-bond donors (Lipinski definition) is 2. The number of nitrogens with zero attached hydrogens (tertiary/aromatic N) is 3. The van der Waals surface area contributed by atoms with E-state index >= 15 is 0 Å². The van der Waals surface area contributed by atoms with Crippen LogP contribution in [0.1, 0.15) is 12.5 Å². The van der Waals surface area contributed by atoms with Crippen LogP contribution < -0.4 is 5.01 Å². The van der Waals surface area contributed by atoms with Gasteiger partial charge in [0.1, 0.15) is 11.5 Å². The molecule has 0 saturated heterocycles. The number of aromatic nitrogens is 1. The molecule has 4 aromatic rings. The predicted octanol–water partition coefficient (Wildman–Crippen LogP) is 5.31. The number of alkyl halides is 1. The van der Waals surface area contributed by atoms with Gasteiger partial charge in [-0.1, -0.05) is 47.7 Å². The van der Waals surface area contributed by atoms with Crippen LogP contribution in [0.4, 0.5) is 9.52 Å². The predicted molar refractivity (Wildman–Crippen MR) is 115 cm³/mol. The van der Waals surface area contributed by atoms with E-state index in [0.717, 1.165) is 15.3 Å². The molecule has 5 nitrogen and oxygen atoms in total. The number of para-hydroxylation sites is 1. The first-order valence-electron chi connectivity index (χ1n) is 8.66. The highest BCUT2D eigenvalue weighted by molar-refractivity contribution is 7.22. The van der Waals surface area contributed by atoms with Gasteiger partial charge in [-0.05, 0) is 25.1 Å². The fourth-order valence-corrected chi connectivity index (χ4v) is 3.82. The molecule has 0 spiro atoms. The monoisotopic (exact) mass is 397 g/mol. The van der Waals surface area contributed by atoms with E-state index in [4.69, 9.17) is 0 Å². The van der Waals surface area contributed by atoms with E-state index in [2.05, 4.69) is 10.1 Å². The van der Waals surface area contributed by atoms with Gasteiger partial charge in [-0.25, -0.2) is 9.99 Å². The van der Waals surface area contributed by atoms with Crippen molar-refractivity contribution in [2.75, 3.05) is 18.7 Å². The lowest BCUT2D eigenvalue weighted by Crippen LogP contribution is -2.15. The highest BCUT2D eigenvalue weighted by Gasteiger charge is 2.12. The Morgan fingerprint density at radius 2 is 1.75 bits per heavy atom. The van der Waals surface area contributed by atoms with E-state index < -0.39 is 0 Å². The summed E-state index contributed by atoms with van der Waals surface area (Å²) < 4.78 is 10.6. The van der Waals surface area contributed by atoms with Crippen molar-refractivity contribution in [1.82, 2.24) is 4.98 Å². The van der Waals surface area contributed by atoms with Gasteiger partial charge in [-0.2, -0.15) is 5.10 Å². The standard InChI is InChI=1S/C20H17N3O2S.CH3F/c1-2-23(20-22-16-9-5-6-10-18(16)26-20)21-12-13-11-17(24)14-7-3-4-8-15(14)19(13)25;1-2/h3-12,24-25H,2H2,1H3;1H3/b21-12+;. The molecule has 0 amide bonds. The molecule has 0 unspecified atom stereocenters. The highest BCUT2D eigenvalue weighted by Crippen LogP contribution is 2.34. The zero-order valence-electron chi connectivity index (χ0n) is 15.5. The molecular weight excluding hydrogens is 377 g/mol. The molecule has 1 heterocycles. The van der Waals surface area contributed by atoms with Gasteiger partial charge in [-0.15, -0.1) is 0 Å². The molecule has 0 aliphatic carbocycles. The van der Waals surface area contributed by atoms with Gasteiger partial charge in [0.15, 0.2) is 0 Å². The minimum Gasteiger partial charge on any atom is -0.507 e. The first-order valence-corrected chi connectivity index (χ1v) is 9.47. The van der Waals surface area contributed by atoms with Crippen molar-refractivity contribution in [3.05, 3.63) is 60.2 Å². The third-order valence-corrected chi connectivity index (χ3v) is 5.21. The summed E-state index contributed by atoms with van der Waals surface area (Å²) in [4.78, 5) is 4.60.